The SMILES string of the molecule is CCC[NH+]([O-])P(C)(=O)[NH+]([O-])CCC. The monoisotopic (exact) mass is 210 g/mol. The van der Waals surface area contributed by atoms with E-state index < -0.39 is 7.44 Å². The third kappa shape index (κ3) is 3.75. The number of hydroxylamine groups is 2. The molecule has 0 aliphatic heterocycles. The Labute approximate surface area is 79.3 Å². The van der Waals surface area contributed by atoms with Crippen LogP contribution >= 0.6 is 7.44 Å². The first kappa shape index (κ1) is 13.1. The molecule has 0 radical (unpaired) electrons. The average Bonchev–Trinajstić information content (AvgIpc) is 2.05. The van der Waals surface area contributed by atoms with E-state index >= 15 is 0 Å². The van der Waals surface area contributed by atoms with Crippen molar-refractivity contribution in [3.63, 3.8) is 0 Å². The van der Waals surface area contributed by atoms with Crippen molar-refractivity contribution in [3.05, 3.63) is 10.4 Å². The zero-order valence-corrected chi connectivity index (χ0v) is 9.39. The predicted octanol–water partition coefficient (Wildman–Crippen LogP) is -0.605. The van der Waals surface area contributed by atoms with Gasteiger partial charge in [0.1, 0.15) is 0 Å². The van der Waals surface area contributed by atoms with Crippen molar-refractivity contribution in [2.45, 2.75) is 26.7 Å². The molecule has 0 spiro atoms. The highest BCUT2D eigenvalue weighted by molar-refractivity contribution is 7.49. The van der Waals surface area contributed by atoms with Crippen LogP contribution in [0.5, 0.6) is 0 Å². The van der Waals surface area contributed by atoms with Gasteiger partial charge in [-0.05, 0) is 12.8 Å². The van der Waals surface area contributed by atoms with Crippen LogP contribution in [-0.4, -0.2) is 19.8 Å². The first-order valence-electron chi connectivity index (χ1n) is 4.61. The van der Waals surface area contributed by atoms with Crippen molar-refractivity contribution in [1.29, 1.82) is 0 Å². The van der Waals surface area contributed by atoms with Crippen LogP contribution in [0.1, 0.15) is 26.7 Å². The minimum Gasteiger partial charge on any atom is -0.627 e. The molecule has 0 aromatic carbocycles. The number of rotatable bonds is 6. The molecule has 0 amide bonds. The van der Waals surface area contributed by atoms with Crippen LogP contribution in [0.3, 0.4) is 0 Å². The van der Waals surface area contributed by atoms with Gasteiger partial charge in [-0.25, -0.2) is 4.57 Å². The summed E-state index contributed by atoms with van der Waals surface area (Å²) in [7, 11) is -3.19. The molecule has 2 atom stereocenters. The maximum Gasteiger partial charge on any atom is 0.418 e. The summed E-state index contributed by atoms with van der Waals surface area (Å²) < 4.78 is 11.7. The highest BCUT2D eigenvalue weighted by atomic mass is 31.2. The summed E-state index contributed by atoms with van der Waals surface area (Å²) in [6.45, 7) is 5.47. The summed E-state index contributed by atoms with van der Waals surface area (Å²) in [6, 6.07) is 0. The summed E-state index contributed by atoms with van der Waals surface area (Å²) in [4.78, 5) is -0.734. The molecule has 80 valence electrons. The van der Waals surface area contributed by atoms with Crippen LogP contribution in [0.2, 0.25) is 0 Å². The molecule has 0 aromatic rings. The van der Waals surface area contributed by atoms with Gasteiger partial charge in [0.2, 0.25) is 0 Å². The lowest BCUT2D eigenvalue weighted by Crippen LogP contribution is -3.20. The van der Waals surface area contributed by atoms with E-state index in [9.17, 15) is 15.0 Å². The van der Waals surface area contributed by atoms with Gasteiger partial charge in [-0.3, -0.25) is 9.67 Å². The van der Waals surface area contributed by atoms with Gasteiger partial charge in [0.15, 0.2) is 0 Å². The molecule has 2 unspecified atom stereocenters. The lowest BCUT2D eigenvalue weighted by Gasteiger charge is -2.34. The number of hydrogen-bond donors (Lipinski definition) is 2. The minimum absolute atomic E-state index is 0.253. The van der Waals surface area contributed by atoms with Crippen LogP contribution in [0.4, 0.5) is 0 Å². The fourth-order valence-electron chi connectivity index (χ4n) is 0.994. The normalized spacial score (nSPS) is 20.7. The van der Waals surface area contributed by atoms with E-state index in [1.54, 1.807) is 0 Å². The Hall–Kier alpha value is 0.0700. The van der Waals surface area contributed by atoms with Crippen LogP contribution in [0.15, 0.2) is 0 Å². The Morgan fingerprint density at radius 3 is 1.62 bits per heavy atom. The molecule has 0 heterocycles. The van der Waals surface area contributed by atoms with Crippen molar-refractivity contribution >= 4 is 7.44 Å². The molecule has 13 heavy (non-hydrogen) atoms. The number of hydrogen-bond acceptors (Lipinski definition) is 3. The molecule has 0 aliphatic rings. The molecule has 0 bridgehead atoms. The quantitative estimate of drug-likeness (QED) is 0.454. The Kier molecular flexibility index (Phi) is 5.76. The van der Waals surface area contributed by atoms with Gasteiger partial charge in [0.25, 0.3) is 0 Å². The highest BCUT2D eigenvalue weighted by Crippen LogP contribution is 2.16. The van der Waals surface area contributed by atoms with E-state index in [4.69, 9.17) is 0 Å². The second-order valence-electron chi connectivity index (χ2n) is 3.21. The molecule has 0 saturated carbocycles. The van der Waals surface area contributed by atoms with Crippen molar-refractivity contribution in [3.8, 4) is 0 Å². The van der Waals surface area contributed by atoms with Crippen molar-refractivity contribution in [2.24, 2.45) is 0 Å². The predicted molar refractivity (Wildman–Crippen MR) is 52.5 cm³/mol. The molecular formula is C7H19N2O3P. The van der Waals surface area contributed by atoms with Crippen LogP contribution in [0, 0.1) is 10.4 Å². The largest absolute Gasteiger partial charge is 0.627 e. The van der Waals surface area contributed by atoms with Crippen molar-refractivity contribution in [1.82, 2.24) is 0 Å². The zero-order chi connectivity index (χ0) is 10.5. The first-order valence-corrected chi connectivity index (χ1v) is 6.76. The summed E-state index contributed by atoms with van der Waals surface area (Å²) >= 11 is 0. The molecule has 0 aliphatic carbocycles. The lowest BCUT2D eigenvalue weighted by atomic mass is 10.5. The molecule has 5 nitrogen and oxygen atoms in total. The lowest BCUT2D eigenvalue weighted by molar-refractivity contribution is -0.826. The molecule has 0 rings (SSSR count). The van der Waals surface area contributed by atoms with E-state index in [0.29, 0.717) is 12.8 Å². The molecule has 0 aromatic heterocycles. The van der Waals surface area contributed by atoms with E-state index in [1.807, 2.05) is 13.8 Å². The average molecular weight is 210 g/mol. The van der Waals surface area contributed by atoms with Gasteiger partial charge in [-0.1, -0.05) is 13.8 Å². The van der Waals surface area contributed by atoms with Gasteiger partial charge in [0, 0.05) is 0 Å². The Bertz CT molecular complexity index is 173. The maximum absolute atomic E-state index is 11.7. The van der Waals surface area contributed by atoms with E-state index in [-0.39, 0.29) is 22.8 Å². The smallest absolute Gasteiger partial charge is 0.418 e. The number of nitrogens with one attached hydrogen (secondary N) is 2. The van der Waals surface area contributed by atoms with E-state index in [2.05, 4.69) is 0 Å². The Morgan fingerprint density at radius 2 is 1.38 bits per heavy atom. The summed E-state index contributed by atoms with van der Waals surface area (Å²) in [5, 5.41) is 22.6. The van der Waals surface area contributed by atoms with Gasteiger partial charge in [-0.15, -0.1) is 0 Å². The van der Waals surface area contributed by atoms with Gasteiger partial charge >= 0.3 is 7.44 Å². The van der Waals surface area contributed by atoms with Crippen LogP contribution < -0.4 is 9.67 Å². The number of quaternary nitrogens is 2. The molecule has 6 heteroatoms. The second kappa shape index (κ2) is 5.73. The van der Waals surface area contributed by atoms with Gasteiger partial charge in [-0.2, -0.15) is 0 Å². The Balaban J connectivity index is 4.27. The zero-order valence-electron chi connectivity index (χ0n) is 8.50. The topological polar surface area (TPSA) is 72.1 Å². The third-order valence-electron chi connectivity index (χ3n) is 1.88. The van der Waals surface area contributed by atoms with Crippen LogP contribution in [0.25, 0.3) is 0 Å². The maximum atomic E-state index is 11.7. The Morgan fingerprint density at radius 1 is 1.08 bits per heavy atom. The molecule has 0 saturated heterocycles. The van der Waals surface area contributed by atoms with Gasteiger partial charge in [0.05, 0.1) is 19.8 Å². The molecule has 2 N–H and O–H groups in total. The fourth-order valence-corrected chi connectivity index (χ4v) is 2.57. The molecular weight excluding hydrogens is 191 g/mol. The van der Waals surface area contributed by atoms with E-state index in [0.717, 1.165) is 0 Å². The summed E-state index contributed by atoms with van der Waals surface area (Å²) in [6.07, 6.45) is 1.30. The fraction of sp³-hybridized carbons (Fsp3) is 1.00. The summed E-state index contributed by atoms with van der Waals surface area (Å²) in [5.74, 6) is 0. The van der Waals surface area contributed by atoms with Crippen molar-refractivity contribution < 1.29 is 14.2 Å². The molecule has 0 fully saturated rings. The van der Waals surface area contributed by atoms with E-state index in [1.165, 1.54) is 6.66 Å². The first-order chi connectivity index (χ1) is 5.96. The standard InChI is InChI=1S/C7H19N2O3P/c1-4-6-8(10)13(3,12)9(11)7-5-2/h8-9H,4-7H2,1-3H3. The second-order valence-corrected chi connectivity index (χ2v) is 6.06. The van der Waals surface area contributed by atoms with Crippen molar-refractivity contribution in [2.75, 3.05) is 19.8 Å². The van der Waals surface area contributed by atoms with Crippen LogP contribution in [-0.2, 0) is 4.57 Å². The third-order valence-corrected chi connectivity index (χ3v) is 4.23. The minimum atomic E-state index is -3.19. The van der Waals surface area contributed by atoms with Gasteiger partial charge < -0.3 is 10.4 Å². The summed E-state index contributed by atoms with van der Waals surface area (Å²) in [5.41, 5.74) is 0. The highest BCUT2D eigenvalue weighted by Gasteiger charge is 2.30.